The molecule has 3 aliphatic heterocycles. The molecule has 0 radical (unpaired) electrons. The van der Waals surface area contributed by atoms with Crippen LogP contribution in [0.5, 0.6) is 5.75 Å². The number of ether oxygens (including phenoxy) is 2. The summed E-state index contributed by atoms with van der Waals surface area (Å²) in [6, 6.07) is 20.7. The van der Waals surface area contributed by atoms with E-state index in [4.69, 9.17) is 9.47 Å². The van der Waals surface area contributed by atoms with E-state index in [1.807, 2.05) is 48.5 Å². The Morgan fingerprint density at radius 1 is 1.07 bits per heavy atom. The molecular formula is C32H30N4O5. The van der Waals surface area contributed by atoms with Crippen LogP contribution in [-0.2, 0) is 16.0 Å². The molecule has 0 bridgehead atoms. The third-order valence-electron chi connectivity index (χ3n) is 8.36. The number of fused-ring (bicyclic) bond motifs is 4. The lowest BCUT2D eigenvalue weighted by atomic mass is 9.89. The van der Waals surface area contributed by atoms with Crippen LogP contribution in [0.15, 0.2) is 72.8 Å². The second-order valence-corrected chi connectivity index (χ2v) is 10.7. The molecule has 2 saturated heterocycles. The van der Waals surface area contributed by atoms with E-state index in [0.717, 1.165) is 47.2 Å². The maximum absolute atomic E-state index is 14.1. The smallest absolute Gasteiger partial charge is 0.332 e. The van der Waals surface area contributed by atoms with E-state index in [9.17, 15) is 14.4 Å². The van der Waals surface area contributed by atoms with Crippen molar-refractivity contribution in [3.63, 3.8) is 0 Å². The fraction of sp³-hybridized carbons (Fsp3) is 0.281. The van der Waals surface area contributed by atoms with Crippen LogP contribution in [-0.4, -0.2) is 60.1 Å². The van der Waals surface area contributed by atoms with Gasteiger partial charge in [0.1, 0.15) is 17.8 Å². The highest BCUT2D eigenvalue weighted by Crippen LogP contribution is 2.45. The monoisotopic (exact) mass is 550 g/mol. The Balaban J connectivity index is 1.22. The summed E-state index contributed by atoms with van der Waals surface area (Å²) >= 11 is 0. The zero-order chi connectivity index (χ0) is 28.1. The average molecular weight is 551 g/mol. The molecule has 4 amide bonds. The summed E-state index contributed by atoms with van der Waals surface area (Å²) < 4.78 is 11.1. The third-order valence-corrected chi connectivity index (χ3v) is 8.36. The second-order valence-electron chi connectivity index (χ2n) is 10.7. The van der Waals surface area contributed by atoms with Crippen LogP contribution in [0, 0.1) is 0 Å². The molecule has 2 N–H and O–H groups in total. The van der Waals surface area contributed by atoms with Crippen LogP contribution in [0.1, 0.15) is 46.1 Å². The molecule has 2 fully saturated rings. The lowest BCUT2D eigenvalue weighted by molar-refractivity contribution is -0.120. The normalized spacial score (nSPS) is 21.7. The summed E-state index contributed by atoms with van der Waals surface area (Å²) in [6.45, 7) is 1.19. The van der Waals surface area contributed by atoms with Gasteiger partial charge >= 0.3 is 6.03 Å². The number of hydrogen-bond donors (Lipinski definition) is 2. The number of imide groups is 1. The van der Waals surface area contributed by atoms with E-state index in [0.29, 0.717) is 30.0 Å². The molecule has 9 nitrogen and oxygen atoms in total. The van der Waals surface area contributed by atoms with Gasteiger partial charge in [-0.3, -0.25) is 14.5 Å². The van der Waals surface area contributed by atoms with Crippen molar-refractivity contribution in [2.75, 3.05) is 25.2 Å². The SMILES string of the molecule is COc1cccc([C@@H]2c3[nH]c4ccccc4c3C[C@H]3C(=O)N(c4ccc(C(=O)NC[C@@H]5CCCO5)cc4)C(=O)N23)c1. The number of aromatic nitrogens is 1. The van der Waals surface area contributed by atoms with E-state index in [1.165, 1.54) is 4.90 Å². The molecule has 4 aromatic rings. The summed E-state index contributed by atoms with van der Waals surface area (Å²) in [5.41, 5.74) is 4.65. The van der Waals surface area contributed by atoms with E-state index < -0.39 is 18.1 Å². The van der Waals surface area contributed by atoms with Gasteiger partial charge in [0.2, 0.25) is 0 Å². The molecule has 0 unspecified atom stereocenters. The molecular weight excluding hydrogens is 520 g/mol. The number of methoxy groups -OCH3 is 1. The minimum absolute atomic E-state index is 0.0460. The number of para-hydroxylation sites is 1. The van der Waals surface area contributed by atoms with E-state index >= 15 is 0 Å². The Labute approximate surface area is 237 Å². The predicted octanol–water partition coefficient (Wildman–Crippen LogP) is 4.57. The molecule has 3 aromatic carbocycles. The molecule has 3 aliphatic rings. The zero-order valence-corrected chi connectivity index (χ0v) is 22.6. The van der Waals surface area contributed by atoms with Crippen LogP contribution in [0.4, 0.5) is 10.5 Å². The van der Waals surface area contributed by atoms with Crippen molar-refractivity contribution in [3.8, 4) is 5.75 Å². The van der Waals surface area contributed by atoms with E-state index in [-0.39, 0.29) is 17.9 Å². The van der Waals surface area contributed by atoms with Gasteiger partial charge in [-0.05, 0) is 66.4 Å². The Morgan fingerprint density at radius 3 is 2.68 bits per heavy atom. The van der Waals surface area contributed by atoms with Gasteiger partial charge in [0, 0.05) is 41.7 Å². The van der Waals surface area contributed by atoms with Gasteiger partial charge in [0.05, 0.1) is 18.9 Å². The molecule has 1 aromatic heterocycles. The summed E-state index contributed by atoms with van der Waals surface area (Å²) in [6.07, 6.45) is 2.39. The number of nitrogens with one attached hydrogen (secondary N) is 2. The van der Waals surface area contributed by atoms with Crippen molar-refractivity contribution in [1.82, 2.24) is 15.2 Å². The van der Waals surface area contributed by atoms with Gasteiger partial charge in [0.15, 0.2) is 0 Å². The minimum Gasteiger partial charge on any atom is -0.497 e. The first-order chi connectivity index (χ1) is 20.0. The van der Waals surface area contributed by atoms with Gasteiger partial charge in [-0.25, -0.2) is 9.69 Å². The van der Waals surface area contributed by atoms with Gasteiger partial charge in [0.25, 0.3) is 11.8 Å². The molecule has 7 rings (SSSR count). The van der Waals surface area contributed by atoms with Crippen LogP contribution >= 0.6 is 0 Å². The topological polar surface area (TPSA) is 104 Å². The second kappa shape index (κ2) is 10.1. The summed E-state index contributed by atoms with van der Waals surface area (Å²) in [5, 5.41) is 3.96. The zero-order valence-electron chi connectivity index (χ0n) is 22.6. The Hall–Kier alpha value is -4.63. The van der Waals surface area contributed by atoms with Crippen molar-refractivity contribution in [2.24, 2.45) is 0 Å². The lowest BCUT2D eigenvalue weighted by Gasteiger charge is -2.36. The largest absolute Gasteiger partial charge is 0.497 e. The fourth-order valence-electron chi connectivity index (χ4n) is 6.35. The highest BCUT2D eigenvalue weighted by atomic mass is 16.5. The van der Waals surface area contributed by atoms with Crippen LogP contribution in [0.25, 0.3) is 10.9 Å². The number of nitrogens with zero attached hydrogens (tertiary/aromatic N) is 2. The standard InChI is InChI=1S/C32H30N4O5/c1-40-22-7-4-6-20(16-22)29-28-25(24-9-2-3-10-26(24)34-28)17-27-31(38)35(32(39)36(27)29)21-13-11-19(12-14-21)30(37)33-18-23-8-5-15-41-23/h2-4,6-7,9-14,16,23,27,29,34H,5,8,15,17-18H2,1H3,(H,33,37)/t23-,27-,29+/m0/s1. The Morgan fingerprint density at radius 2 is 1.90 bits per heavy atom. The first-order valence-electron chi connectivity index (χ1n) is 13.9. The maximum atomic E-state index is 14.1. The van der Waals surface area contributed by atoms with Crippen LogP contribution < -0.4 is 15.0 Å². The quantitative estimate of drug-likeness (QED) is 0.343. The van der Waals surface area contributed by atoms with E-state index in [2.05, 4.69) is 10.3 Å². The van der Waals surface area contributed by atoms with Gasteiger partial charge < -0.3 is 19.8 Å². The number of rotatable bonds is 6. The molecule has 3 atom stereocenters. The number of carbonyl (C=O) groups excluding carboxylic acids is 3. The number of aromatic amines is 1. The summed E-state index contributed by atoms with van der Waals surface area (Å²) in [5.74, 6) is 0.173. The number of H-pyrrole nitrogens is 1. The van der Waals surface area contributed by atoms with Crippen molar-refractivity contribution in [1.29, 1.82) is 0 Å². The number of anilines is 1. The highest BCUT2D eigenvalue weighted by Gasteiger charge is 2.53. The number of urea groups is 1. The first kappa shape index (κ1) is 25.3. The molecule has 0 saturated carbocycles. The summed E-state index contributed by atoms with van der Waals surface area (Å²) in [4.78, 5) is 47.1. The average Bonchev–Trinajstić information content (AvgIpc) is 3.72. The predicted molar refractivity (Wildman–Crippen MR) is 153 cm³/mol. The van der Waals surface area contributed by atoms with Crippen molar-refractivity contribution in [3.05, 3.63) is 95.2 Å². The van der Waals surface area contributed by atoms with Crippen molar-refractivity contribution in [2.45, 2.75) is 37.5 Å². The third kappa shape index (κ3) is 4.24. The first-order valence-corrected chi connectivity index (χ1v) is 13.9. The Kier molecular flexibility index (Phi) is 6.23. The number of hydrogen-bond acceptors (Lipinski definition) is 5. The minimum atomic E-state index is -0.667. The highest BCUT2D eigenvalue weighted by molar-refractivity contribution is 6.22. The molecule has 41 heavy (non-hydrogen) atoms. The van der Waals surface area contributed by atoms with Gasteiger partial charge in [-0.2, -0.15) is 0 Å². The molecule has 0 spiro atoms. The lowest BCUT2D eigenvalue weighted by Crippen LogP contribution is -2.44. The van der Waals surface area contributed by atoms with Crippen LogP contribution in [0.3, 0.4) is 0 Å². The van der Waals surface area contributed by atoms with E-state index in [1.54, 1.807) is 36.3 Å². The van der Waals surface area contributed by atoms with Crippen molar-refractivity contribution < 1.29 is 23.9 Å². The number of benzene rings is 3. The molecule has 0 aliphatic carbocycles. The van der Waals surface area contributed by atoms with Crippen LogP contribution in [0.2, 0.25) is 0 Å². The summed E-state index contributed by atoms with van der Waals surface area (Å²) in [7, 11) is 1.61. The maximum Gasteiger partial charge on any atom is 0.332 e. The molecule has 9 heteroatoms. The Bertz CT molecular complexity index is 1660. The fourth-order valence-corrected chi connectivity index (χ4v) is 6.35. The van der Waals surface area contributed by atoms with Crippen molar-refractivity contribution >= 4 is 34.4 Å². The molecule has 4 heterocycles. The molecule has 208 valence electrons. The van der Waals surface area contributed by atoms with Gasteiger partial charge in [-0.1, -0.05) is 30.3 Å². The number of carbonyl (C=O) groups is 3. The van der Waals surface area contributed by atoms with Gasteiger partial charge in [-0.15, -0.1) is 0 Å². The number of amides is 4.